The number of hydrogen-bond acceptors (Lipinski definition) is 0. The van der Waals surface area contributed by atoms with Gasteiger partial charge in [0.1, 0.15) is 0 Å². The quantitative estimate of drug-likeness (QED) is 0.167. The second kappa shape index (κ2) is 13.5. The summed E-state index contributed by atoms with van der Waals surface area (Å²) in [6, 6.07) is 52.5. The molecule has 0 aliphatic rings. The normalized spacial score (nSPS) is 10.6. The number of hydrogen-bond donors (Lipinski definition) is 0. The molecule has 0 nitrogen and oxygen atoms in total. The molecule has 0 heterocycles. The van der Waals surface area contributed by atoms with Crippen LogP contribution in [0.5, 0.6) is 0 Å². The first-order chi connectivity index (χ1) is 20.7. The topological polar surface area (TPSA) is 0 Å². The molecule has 8 aromatic rings. The average molecular weight is 631 g/mol. The molecule has 0 fully saturated rings. The first kappa shape index (κ1) is 30.4. The summed E-state index contributed by atoms with van der Waals surface area (Å²) in [5, 5.41) is 10.6. The molecule has 0 spiro atoms. The van der Waals surface area contributed by atoms with E-state index < -0.39 is 0 Å². The van der Waals surface area contributed by atoms with Crippen molar-refractivity contribution in [1.82, 2.24) is 0 Å². The van der Waals surface area contributed by atoms with Crippen LogP contribution in [0, 0.1) is 20.8 Å². The van der Waals surface area contributed by atoms with Crippen LogP contribution in [0.2, 0.25) is 0 Å². The van der Waals surface area contributed by atoms with E-state index in [9.17, 15) is 0 Å². The molecule has 8 rings (SSSR count). The zero-order valence-electron chi connectivity index (χ0n) is 25.1. The van der Waals surface area contributed by atoms with Crippen LogP contribution in [0.15, 0.2) is 146 Å². The number of rotatable bonds is 2. The molecule has 0 atom stereocenters. The molecule has 0 saturated carbocycles. The van der Waals surface area contributed by atoms with Gasteiger partial charge in [-0.25, -0.2) is 0 Å². The van der Waals surface area contributed by atoms with E-state index in [1.165, 1.54) is 76.5 Å². The number of fused-ring (bicyclic) bond motifs is 4. The molecule has 0 unspecified atom stereocenters. The third kappa shape index (κ3) is 6.06. The second-order valence-electron chi connectivity index (χ2n) is 10.7. The van der Waals surface area contributed by atoms with E-state index in [1.807, 2.05) is 0 Å². The Bertz CT molecular complexity index is 1970. The molecule has 0 saturated heterocycles. The van der Waals surface area contributed by atoms with Crippen molar-refractivity contribution in [3.05, 3.63) is 164 Å². The maximum absolute atomic E-state index is 3.25. The van der Waals surface area contributed by atoms with Gasteiger partial charge in [0.2, 0.25) is 0 Å². The standard InChI is InChI=1S/2C20H15.C2H5.Zr/c2*1-14-12-16-8-5-11-19(20(16)13-14)18-10-4-7-15-6-2-3-9-17(15)18;1-2;/h2*2-13H,1H3;1H2,2H3;/q3*-1;+3. The van der Waals surface area contributed by atoms with Crippen molar-refractivity contribution < 1.29 is 26.2 Å². The first-order valence-corrected chi connectivity index (χ1v) is 14.6. The van der Waals surface area contributed by atoms with Gasteiger partial charge in [-0.15, -0.1) is 69.1 Å². The third-order valence-corrected chi connectivity index (χ3v) is 7.95. The van der Waals surface area contributed by atoms with Gasteiger partial charge in [-0.3, -0.25) is 0 Å². The van der Waals surface area contributed by atoms with E-state index in [4.69, 9.17) is 0 Å². The SMILES string of the molecule is Cc1cc2c(-c3cccc4ccccc34)cccc2[cH-]1.Cc1cc2c(-c3cccc4ccccc34)cccc2[cH-]1.[CH2-]C.[Zr+3]. The Kier molecular flexibility index (Phi) is 9.54. The van der Waals surface area contributed by atoms with Crippen molar-refractivity contribution in [3.63, 3.8) is 0 Å². The van der Waals surface area contributed by atoms with Crippen molar-refractivity contribution in [3.8, 4) is 22.3 Å². The Morgan fingerprint density at radius 2 is 0.721 bits per heavy atom. The summed E-state index contributed by atoms with van der Waals surface area (Å²) in [7, 11) is 0. The zero-order chi connectivity index (χ0) is 29.1. The fourth-order valence-electron chi connectivity index (χ4n) is 6.16. The van der Waals surface area contributed by atoms with Gasteiger partial charge >= 0.3 is 26.2 Å². The average Bonchev–Trinajstić information content (AvgIpc) is 3.62. The minimum atomic E-state index is 0. The van der Waals surface area contributed by atoms with Crippen molar-refractivity contribution in [1.29, 1.82) is 0 Å². The van der Waals surface area contributed by atoms with Crippen LogP contribution in [0.3, 0.4) is 0 Å². The predicted octanol–water partition coefficient (Wildman–Crippen LogP) is 12.2. The molecule has 0 bridgehead atoms. The molecule has 0 aromatic heterocycles. The van der Waals surface area contributed by atoms with Crippen molar-refractivity contribution in [2.24, 2.45) is 0 Å². The van der Waals surface area contributed by atoms with E-state index in [0.717, 1.165) is 0 Å². The van der Waals surface area contributed by atoms with Crippen LogP contribution in [0.1, 0.15) is 18.1 Å². The number of benzene rings is 6. The van der Waals surface area contributed by atoms with Crippen LogP contribution in [-0.4, -0.2) is 0 Å². The largest absolute Gasteiger partial charge is 3.00 e. The molecule has 207 valence electrons. The first-order valence-electron chi connectivity index (χ1n) is 14.6. The van der Waals surface area contributed by atoms with Crippen molar-refractivity contribution in [2.75, 3.05) is 0 Å². The fourth-order valence-corrected chi connectivity index (χ4v) is 6.16. The van der Waals surface area contributed by atoms with Crippen molar-refractivity contribution >= 4 is 43.1 Å². The Balaban J connectivity index is 0.000000159. The predicted molar refractivity (Wildman–Crippen MR) is 185 cm³/mol. The van der Waals surface area contributed by atoms with E-state index in [-0.39, 0.29) is 26.2 Å². The van der Waals surface area contributed by atoms with Gasteiger partial charge in [-0.05, 0) is 32.7 Å². The fraction of sp³-hybridized carbons (Fsp3) is 0.0714. The summed E-state index contributed by atoms with van der Waals surface area (Å²) in [6.45, 7) is 9.32. The second-order valence-corrected chi connectivity index (χ2v) is 10.7. The zero-order valence-corrected chi connectivity index (χ0v) is 27.5. The maximum Gasteiger partial charge on any atom is 3.00 e. The molecule has 0 aliphatic carbocycles. The molecule has 1 heteroatoms. The third-order valence-electron chi connectivity index (χ3n) is 7.95. The van der Waals surface area contributed by atoms with Gasteiger partial charge in [-0.2, -0.15) is 19.1 Å². The molecule has 0 N–H and O–H groups in total. The van der Waals surface area contributed by atoms with Gasteiger partial charge in [-0.1, -0.05) is 122 Å². The molecule has 0 amide bonds. The van der Waals surface area contributed by atoms with Gasteiger partial charge in [0, 0.05) is 0 Å². The summed E-state index contributed by atoms with van der Waals surface area (Å²) < 4.78 is 0. The molecular weight excluding hydrogens is 596 g/mol. The van der Waals surface area contributed by atoms with Gasteiger partial charge < -0.3 is 6.92 Å². The van der Waals surface area contributed by atoms with Crippen LogP contribution in [-0.2, 0) is 26.2 Å². The van der Waals surface area contributed by atoms with Gasteiger partial charge in [0.05, 0.1) is 0 Å². The molecule has 8 aromatic carbocycles. The Morgan fingerprint density at radius 3 is 1.14 bits per heavy atom. The molecular formula is C42H35Zr. The molecule has 43 heavy (non-hydrogen) atoms. The summed E-state index contributed by atoms with van der Waals surface area (Å²) in [6.07, 6.45) is 0. The van der Waals surface area contributed by atoms with Crippen molar-refractivity contribution in [2.45, 2.75) is 20.8 Å². The van der Waals surface area contributed by atoms with Crippen LogP contribution in [0.4, 0.5) is 0 Å². The van der Waals surface area contributed by atoms with E-state index >= 15 is 0 Å². The van der Waals surface area contributed by atoms with Gasteiger partial charge in [0.15, 0.2) is 0 Å². The molecule has 0 aliphatic heterocycles. The minimum Gasteiger partial charge on any atom is -0.346 e. The van der Waals surface area contributed by atoms with E-state index in [2.05, 4.69) is 166 Å². The number of aryl methyl sites for hydroxylation is 2. The minimum absolute atomic E-state index is 0. The van der Waals surface area contributed by atoms with Crippen LogP contribution in [0.25, 0.3) is 65.3 Å². The summed E-state index contributed by atoms with van der Waals surface area (Å²) >= 11 is 0. The van der Waals surface area contributed by atoms with Gasteiger partial charge in [0.25, 0.3) is 0 Å². The Hall–Kier alpha value is -4.06. The summed E-state index contributed by atoms with van der Waals surface area (Å²) in [5.41, 5.74) is 7.94. The summed E-state index contributed by atoms with van der Waals surface area (Å²) in [4.78, 5) is 0. The van der Waals surface area contributed by atoms with Crippen LogP contribution < -0.4 is 0 Å². The molecule has 1 radical (unpaired) electrons. The maximum atomic E-state index is 3.25. The Labute approximate surface area is 274 Å². The Morgan fingerprint density at radius 1 is 0.395 bits per heavy atom. The van der Waals surface area contributed by atoms with E-state index in [0.29, 0.717) is 0 Å². The monoisotopic (exact) mass is 629 g/mol. The summed E-state index contributed by atoms with van der Waals surface area (Å²) in [5.74, 6) is 0. The van der Waals surface area contributed by atoms with Crippen LogP contribution >= 0.6 is 0 Å². The van der Waals surface area contributed by atoms with E-state index in [1.54, 1.807) is 6.92 Å². The smallest absolute Gasteiger partial charge is 0.346 e.